The normalized spacial score (nSPS) is 10.9. The number of carbonyl (C=O) groups excluding carboxylic acids is 1. The van der Waals surface area contributed by atoms with Crippen LogP contribution in [0.1, 0.15) is 29.6 Å². The van der Waals surface area contributed by atoms with Gasteiger partial charge in [0, 0.05) is 11.9 Å². The van der Waals surface area contributed by atoms with Crippen LogP contribution in [0.5, 0.6) is 5.75 Å². The average Bonchev–Trinajstić information content (AvgIpc) is 3.26. The molecule has 148 valence electrons. The highest BCUT2D eigenvalue weighted by atomic mass is 32.2. The van der Waals surface area contributed by atoms with Gasteiger partial charge in [0.05, 0.1) is 11.4 Å². The summed E-state index contributed by atoms with van der Waals surface area (Å²) in [6.07, 6.45) is 0. The monoisotopic (exact) mass is 417 g/mol. The smallest absolute Gasteiger partial charge is 0.236 e. The van der Waals surface area contributed by atoms with Crippen molar-refractivity contribution in [3.63, 3.8) is 0 Å². The molecular formula is C19H23N5O2S2. The van der Waals surface area contributed by atoms with Crippen LogP contribution in [0.15, 0.2) is 28.7 Å². The zero-order valence-corrected chi connectivity index (χ0v) is 18.0. The minimum Gasteiger partial charge on any atom is -0.485 e. The summed E-state index contributed by atoms with van der Waals surface area (Å²) in [5.74, 6) is 1.72. The topological polar surface area (TPSA) is 81.9 Å². The number of nitrogens with zero attached hydrogens (tertiary/aromatic N) is 4. The Morgan fingerprint density at radius 1 is 1.29 bits per heavy atom. The van der Waals surface area contributed by atoms with Crippen molar-refractivity contribution < 1.29 is 9.53 Å². The third kappa shape index (κ3) is 4.90. The molecule has 0 unspecified atom stereocenters. The van der Waals surface area contributed by atoms with Gasteiger partial charge in [0.2, 0.25) is 5.91 Å². The second-order valence-electron chi connectivity index (χ2n) is 6.26. The number of hydrogen-bond donors (Lipinski definition) is 1. The van der Waals surface area contributed by atoms with E-state index >= 15 is 0 Å². The first-order valence-corrected chi connectivity index (χ1v) is 10.8. The maximum atomic E-state index is 12.1. The number of anilines is 1. The molecule has 0 atom stereocenters. The van der Waals surface area contributed by atoms with Gasteiger partial charge in [-0.3, -0.25) is 4.79 Å². The summed E-state index contributed by atoms with van der Waals surface area (Å²) in [6, 6.07) is 5.99. The lowest BCUT2D eigenvalue weighted by atomic mass is 10.1. The predicted octanol–water partition coefficient (Wildman–Crippen LogP) is 3.99. The van der Waals surface area contributed by atoms with E-state index in [1.165, 1.54) is 28.7 Å². The molecule has 1 amide bonds. The third-order valence-electron chi connectivity index (χ3n) is 4.22. The molecule has 3 rings (SSSR count). The van der Waals surface area contributed by atoms with E-state index in [-0.39, 0.29) is 11.7 Å². The SMILES string of the molecule is CCn1c(COc2cccc(C)c2C)nnc1SCC(=O)Nc1nc(C)cs1. The first kappa shape index (κ1) is 20.3. The van der Waals surface area contributed by atoms with E-state index < -0.39 is 0 Å². The van der Waals surface area contributed by atoms with Crippen LogP contribution in [-0.4, -0.2) is 31.4 Å². The second kappa shape index (κ2) is 9.20. The summed E-state index contributed by atoms with van der Waals surface area (Å²) in [7, 11) is 0. The van der Waals surface area contributed by atoms with Crippen molar-refractivity contribution >= 4 is 34.1 Å². The van der Waals surface area contributed by atoms with Gasteiger partial charge < -0.3 is 14.6 Å². The molecule has 0 aliphatic carbocycles. The van der Waals surface area contributed by atoms with Crippen LogP contribution in [0.2, 0.25) is 0 Å². The lowest BCUT2D eigenvalue weighted by Crippen LogP contribution is -2.14. The number of aromatic nitrogens is 4. The predicted molar refractivity (Wildman–Crippen MR) is 112 cm³/mol. The number of rotatable bonds is 8. The zero-order valence-electron chi connectivity index (χ0n) is 16.4. The number of nitrogens with one attached hydrogen (secondary N) is 1. The number of thioether (sulfide) groups is 1. The van der Waals surface area contributed by atoms with Crippen LogP contribution >= 0.6 is 23.1 Å². The molecule has 1 N–H and O–H groups in total. The summed E-state index contributed by atoms with van der Waals surface area (Å²) in [6.45, 7) is 9.05. The van der Waals surface area contributed by atoms with Crippen molar-refractivity contribution in [2.24, 2.45) is 0 Å². The molecule has 0 aliphatic rings. The Labute approximate surface area is 172 Å². The number of hydrogen-bond acceptors (Lipinski definition) is 7. The summed E-state index contributed by atoms with van der Waals surface area (Å²) in [5, 5.41) is 14.5. The quantitative estimate of drug-likeness (QED) is 0.558. The van der Waals surface area contributed by atoms with Gasteiger partial charge in [-0.15, -0.1) is 21.5 Å². The van der Waals surface area contributed by atoms with Crippen LogP contribution in [0.4, 0.5) is 5.13 Å². The highest BCUT2D eigenvalue weighted by Crippen LogP contribution is 2.23. The molecule has 3 aromatic rings. The molecule has 0 radical (unpaired) electrons. The number of ether oxygens (including phenoxy) is 1. The van der Waals surface area contributed by atoms with Crippen LogP contribution in [-0.2, 0) is 17.9 Å². The number of carbonyl (C=O) groups is 1. The lowest BCUT2D eigenvalue weighted by molar-refractivity contribution is -0.113. The van der Waals surface area contributed by atoms with Gasteiger partial charge in [-0.1, -0.05) is 23.9 Å². The molecule has 0 aliphatic heterocycles. The molecule has 28 heavy (non-hydrogen) atoms. The molecule has 1 aromatic carbocycles. The molecule has 0 spiro atoms. The highest BCUT2D eigenvalue weighted by Gasteiger charge is 2.15. The molecule has 0 fully saturated rings. The lowest BCUT2D eigenvalue weighted by Gasteiger charge is -2.11. The van der Waals surface area contributed by atoms with E-state index in [4.69, 9.17) is 4.74 Å². The van der Waals surface area contributed by atoms with Crippen molar-refractivity contribution in [3.8, 4) is 5.75 Å². The minimum absolute atomic E-state index is 0.113. The number of thiazole rings is 1. The van der Waals surface area contributed by atoms with Gasteiger partial charge in [0.15, 0.2) is 16.1 Å². The Kier molecular flexibility index (Phi) is 6.69. The first-order valence-electron chi connectivity index (χ1n) is 8.93. The van der Waals surface area contributed by atoms with Gasteiger partial charge in [0.25, 0.3) is 0 Å². The summed E-state index contributed by atoms with van der Waals surface area (Å²) in [5.41, 5.74) is 3.20. The Bertz CT molecular complexity index is 967. The Morgan fingerprint density at radius 3 is 2.82 bits per heavy atom. The summed E-state index contributed by atoms with van der Waals surface area (Å²) >= 11 is 2.77. The van der Waals surface area contributed by atoms with E-state index in [9.17, 15) is 4.79 Å². The fourth-order valence-corrected chi connectivity index (χ4v) is 4.10. The van der Waals surface area contributed by atoms with E-state index in [0.29, 0.717) is 23.4 Å². The van der Waals surface area contributed by atoms with E-state index in [1.54, 1.807) is 0 Å². The Balaban J connectivity index is 1.60. The van der Waals surface area contributed by atoms with E-state index in [0.717, 1.165) is 22.8 Å². The standard InChI is InChI=1S/C19H23N5O2S2/c1-5-24-16(9-26-15-8-6-7-12(2)14(15)4)22-23-19(24)28-11-17(25)21-18-20-13(3)10-27-18/h6-8,10H,5,9,11H2,1-4H3,(H,20,21,25). The van der Waals surface area contributed by atoms with Crippen LogP contribution in [0, 0.1) is 20.8 Å². The van der Waals surface area contributed by atoms with Gasteiger partial charge in [-0.25, -0.2) is 4.98 Å². The van der Waals surface area contributed by atoms with Gasteiger partial charge in [-0.2, -0.15) is 0 Å². The molecule has 2 heterocycles. The van der Waals surface area contributed by atoms with Crippen molar-refractivity contribution in [3.05, 3.63) is 46.2 Å². The molecule has 9 heteroatoms. The number of benzene rings is 1. The number of aryl methyl sites for hydroxylation is 2. The van der Waals surface area contributed by atoms with Gasteiger partial charge in [-0.05, 0) is 44.9 Å². The fraction of sp³-hybridized carbons (Fsp3) is 0.368. The van der Waals surface area contributed by atoms with Gasteiger partial charge in [0.1, 0.15) is 12.4 Å². The molecule has 2 aromatic heterocycles. The Morgan fingerprint density at radius 2 is 2.11 bits per heavy atom. The molecule has 0 saturated heterocycles. The van der Waals surface area contributed by atoms with Gasteiger partial charge >= 0.3 is 0 Å². The molecule has 7 nitrogen and oxygen atoms in total. The third-order valence-corrected chi connectivity index (χ3v) is 6.06. The van der Waals surface area contributed by atoms with Crippen molar-refractivity contribution in [2.75, 3.05) is 11.1 Å². The maximum Gasteiger partial charge on any atom is 0.236 e. The van der Waals surface area contributed by atoms with Crippen LogP contribution in [0.3, 0.4) is 0 Å². The number of amides is 1. The molecule has 0 saturated carbocycles. The van der Waals surface area contributed by atoms with E-state index in [1.807, 2.05) is 42.9 Å². The Hall–Kier alpha value is -2.39. The summed E-state index contributed by atoms with van der Waals surface area (Å²) < 4.78 is 7.92. The second-order valence-corrected chi connectivity index (χ2v) is 8.06. The van der Waals surface area contributed by atoms with Crippen molar-refractivity contribution in [1.82, 2.24) is 19.7 Å². The van der Waals surface area contributed by atoms with Crippen molar-refractivity contribution in [2.45, 2.75) is 46.0 Å². The van der Waals surface area contributed by atoms with E-state index in [2.05, 4.69) is 33.5 Å². The maximum absolute atomic E-state index is 12.1. The molecule has 0 bridgehead atoms. The summed E-state index contributed by atoms with van der Waals surface area (Å²) in [4.78, 5) is 16.4. The average molecular weight is 418 g/mol. The first-order chi connectivity index (χ1) is 13.5. The highest BCUT2D eigenvalue weighted by molar-refractivity contribution is 7.99. The van der Waals surface area contributed by atoms with Crippen LogP contribution in [0.25, 0.3) is 0 Å². The zero-order chi connectivity index (χ0) is 20.1. The fourth-order valence-electron chi connectivity index (χ4n) is 2.57. The largest absolute Gasteiger partial charge is 0.485 e. The minimum atomic E-state index is -0.113. The van der Waals surface area contributed by atoms with Crippen LogP contribution < -0.4 is 10.1 Å². The molecular weight excluding hydrogens is 394 g/mol. The van der Waals surface area contributed by atoms with Crippen molar-refractivity contribution in [1.29, 1.82) is 0 Å².